The molecule has 0 aliphatic carbocycles. The molecule has 0 N–H and O–H groups in total. The van der Waals surface area contributed by atoms with E-state index in [1.165, 1.54) is 16.8 Å². The minimum absolute atomic E-state index is 0.938. The normalized spacial score (nSPS) is 9.82. The first kappa shape index (κ1) is 15.3. The maximum atomic E-state index is 8.19. The molecule has 0 amide bonds. The highest BCUT2D eigenvalue weighted by atomic mass is 16.5. The maximum absolute atomic E-state index is 8.19. The van der Waals surface area contributed by atoms with Crippen LogP contribution in [0.15, 0.2) is 78.9 Å². The van der Waals surface area contributed by atoms with Crippen molar-refractivity contribution < 1.29 is 4.74 Å². The van der Waals surface area contributed by atoms with Crippen LogP contribution >= 0.6 is 0 Å². The zero-order valence-corrected chi connectivity index (χ0v) is 12.4. The smallest absolute Gasteiger partial charge is 0.126 e. The largest absolute Gasteiger partial charge is 0.496 e. The first-order chi connectivity index (χ1) is 10.8. The molecule has 0 saturated heterocycles. The zero-order chi connectivity index (χ0) is 15.6. The van der Waals surface area contributed by atoms with Gasteiger partial charge < -0.3 is 4.74 Å². The van der Waals surface area contributed by atoms with Crippen LogP contribution in [-0.2, 0) is 0 Å². The third-order valence-corrected chi connectivity index (χ3v) is 3.12. The summed E-state index contributed by atoms with van der Waals surface area (Å²) in [5.41, 5.74) is 1.06. The second-order valence-electron chi connectivity index (χ2n) is 4.55. The Bertz CT molecular complexity index is 780. The summed E-state index contributed by atoms with van der Waals surface area (Å²) in [4.78, 5) is 0. The fourth-order valence-electron chi connectivity index (χ4n) is 2.07. The number of nitriles is 1. The van der Waals surface area contributed by atoms with Gasteiger partial charge in [-0.2, -0.15) is 5.26 Å². The summed E-state index contributed by atoms with van der Waals surface area (Å²) in [7, 11) is 1.70. The van der Waals surface area contributed by atoms with Crippen molar-refractivity contribution in [3.05, 3.63) is 84.4 Å². The molecule has 2 heteroatoms. The van der Waals surface area contributed by atoms with Crippen LogP contribution in [-0.4, -0.2) is 7.11 Å². The molecule has 0 spiro atoms. The molecule has 0 radical (unpaired) electrons. The molecule has 0 unspecified atom stereocenters. The average Bonchev–Trinajstić information content (AvgIpc) is 2.61. The van der Waals surface area contributed by atoms with Gasteiger partial charge in [-0.15, -0.1) is 0 Å². The molecule has 3 aromatic carbocycles. The van der Waals surface area contributed by atoms with E-state index in [1.807, 2.05) is 60.7 Å². The quantitative estimate of drug-likeness (QED) is 0.616. The van der Waals surface area contributed by atoms with E-state index >= 15 is 0 Å². The Labute approximate surface area is 130 Å². The molecule has 0 aliphatic rings. The third-order valence-electron chi connectivity index (χ3n) is 3.12. The van der Waals surface area contributed by atoms with E-state index in [-0.39, 0.29) is 0 Å². The monoisotopic (exact) mass is 287 g/mol. The van der Waals surface area contributed by atoms with E-state index in [9.17, 15) is 0 Å². The Morgan fingerprint density at radius 2 is 1.55 bits per heavy atom. The Hall–Kier alpha value is -3.05. The summed E-state index contributed by atoms with van der Waals surface area (Å²) in [5.74, 6) is 0.938. The molecule has 3 aromatic rings. The van der Waals surface area contributed by atoms with Gasteiger partial charge in [-0.3, -0.25) is 0 Å². The first-order valence-electron chi connectivity index (χ1n) is 6.98. The lowest BCUT2D eigenvalue weighted by Gasteiger charge is -2.03. The van der Waals surface area contributed by atoms with Gasteiger partial charge in [0.15, 0.2) is 0 Å². The number of ether oxygens (including phenoxy) is 1. The molecule has 0 fully saturated rings. The van der Waals surface area contributed by atoms with Crippen LogP contribution in [0.1, 0.15) is 5.56 Å². The topological polar surface area (TPSA) is 33.0 Å². The highest BCUT2D eigenvalue weighted by Crippen LogP contribution is 2.24. The predicted octanol–water partition coefficient (Wildman–Crippen LogP) is 5.07. The van der Waals surface area contributed by atoms with Gasteiger partial charge >= 0.3 is 0 Å². The fourth-order valence-corrected chi connectivity index (χ4v) is 2.07. The van der Waals surface area contributed by atoms with E-state index in [2.05, 4.69) is 18.2 Å². The number of fused-ring (bicyclic) bond motifs is 1. The van der Waals surface area contributed by atoms with Crippen LogP contribution in [0.25, 0.3) is 16.8 Å². The number of rotatable bonds is 2. The standard InChI is InChI=1S/C11H10O.C9H7N/c1-12-11-8-4-6-9-5-2-3-7-10(9)11;10-8-4-7-9-5-2-1-3-6-9/h2-8H,1H3;1-7H. The van der Waals surface area contributed by atoms with Crippen molar-refractivity contribution in [3.8, 4) is 11.8 Å². The fraction of sp³-hybridized carbons (Fsp3) is 0.0500. The van der Waals surface area contributed by atoms with Crippen LogP contribution in [0.4, 0.5) is 0 Å². The lowest BCUT2D eigenvalue weighted by molar-refractivity contribution is 0.420. The number of methoxy groups -OCH3 is 1. The van der Waals surface area contributed by atoms with E-state index in [4.69, 9.17) is 10.00 Å². The van der Waals surface area contributed by atoms with Crippen LogP contribution in [0.2, 0.25) is 0 Å². The molecule has 3 rings (SSSR count). The molecule has 0 aliphatic heterocycles. The molecule has 22 heavy (non-hydrogen) atoms. The highest BCUT2D eigenvalue weighted by molar-refractivity contribution is 5.88. The summed E-state index contributed by atoms with van der Waals surface area (Å²) >= 11 is 0. The number of allylic oxidation sites excluding steroid dienone is 1. The second-order valence-corrected chi connectivity index (χ2v) is 4.55. The minimum Gasteiger partial charge on any atom is -0.496 e. The van der Waals surface area contributed by atoms with Gasteiger partial charge in [-0.1, -0.05) is 66.7 Å². The van der Waals surface area contributed by atoms with E-state index in [0.29, 0.717) is 0 Å². The van der Waals surface area contributed by atoms with Crippen molar-refractivity contribution in [3.63, 3.8) is 0 Å². The van der Waals surface area contributed by atoms with E-state index in [1.54, 1.807) is 13.2 Å². The van der Waals surface area contributed by atoms with Gasteiger partial charge in [0, 0.05) is 11.5 Å². The Balaban J connectivity index is 0.000000164. The number of hydrogen-bond acceptors (Lipinski definition) is 2. The predicted molar refractivity (Wildman–Crippen MR) is 91.6 cm³/mol. The third kappa shape index (κ3) is 4.22. The second kappa shape index (κ2) is 8.28. The van der Waals surface area contributed by atoms with Crippen molar-refractivity contribution in [2.24, 2.45) is 0 Å². The SMILES string of the molecule is COc1cccc2ccccc12.N#CC=Cc1ccccc1. The molecule has 0 saturated carbocycles. The van der Waals surface area contributed by atoms with Gasteiger partial charge in [0.1, 0.15) is 5.75 Å². The van der Waals surface area contributed by atoms with Gasteiger partial charge in [-0.05, 0) is 23.1 Å². The van der Waals surface area contributed by atoms with Crippen molar-refractivity contribution in [1.82, 2.24) is 0 Å². The molecule has 108 valence electrons. The van der Waals surface area contributed by atoms with Crippen molar-refractivity contribution >= 4 is 16.8 Å². The molecule has 0 heterocycles. The summed E-state index contributed by atoms with van der Waals surface area (Å²) in [6.45, 7) is 0. The maximum Gasteiger partial charge on any atom is 0.126 e. The van der Waals surface area contributed by atoms with Gasteiger partial charge in [0.05, 0.1) is 13.2 Å². The average molecular weight is 287 g/mol. The summed E-state index contributed by atoms with van der Waals surface area (Å²) in [6, 6.07) is 25.9. The molecule has 0 aromatic heterocycles. The van der Waals surface area contributed by atoms with Gasteiger partial charge in [0.25, 0.3) is 0 Å². The number of hydrogen-bond donors (Lipinski definition) is 0. The van der Waals surface area contributed by atoms with Crippen LogP contribution in [0, 0.1) is 11.3 Å². The van der Waals surface area contributed by atoms with Gasteiger partial charge in [0.2, 0.25) is 0 Å². The van der Waals surface area contributed by atoms with Crippen molar-refractivity contribution in [2.45, 2.75) is 0 Å². The Morgan fingerprint density at radius 3 is 2.27 bits per heavy atom. The lowest BCUT2D eigenvalue weighted by Crippen LogP contribution is -1.83. The zero-order valence-electron chi connectivity index (χ0n) is 12.4. The van der Waals surface area contributed by atoms with Crippen molar-refractivity contribution in [2.75, 3.05) is 7.11 Å². The van der Waals surface area contributed by atoms with E-state index < -0.39 is 0 Å². The van der Waals surface area contributed by atoms with Crippen LogP contribution in [0.5, 0.6) is 5.75 Å². The van der Waals surface area contributed by atoms with E-state index in [0.717, 1.165) is 11.3 Å². The Morgan fingerprint density at radius 1 is 0.864 bits per heavy atom. The molecule has 2 nitrogen and oxygen atoms in total. The molecule has 0 bridgehead atoms. The molecule has 0 atom stereocenters. The van der Waals surface area contributed by atoms with Crippen LogP contribution < -0.4 is 4.74 Å². The highest BCUT2D eigenvalue weighted by Gasteiger charge is 1.97. The number of nitrogens with zero attached hydrogens (tertiary/aromatic N) is 1. The number of benzene rings is 3. The summed E-state index contributed by atoms with van der Waals surface area (Å²) < 4.78 is 5.23. The molecular weight excluding hydrogens is 270 g/mol. The minimum atomic E-state index is 0.938. The lowest BCUT2D eigenvalue weighted by atomic mass is 10.1. The summed E-state index contributed by atoms with van der Waals surface area (Å²) in [5, 5.41) is 10.6. The Kier molecular flexibility index (Phi) is 5.78. The first-order valence-corrected chi connectivity index (χ1v) is 6.98. The van der Waals surface area contributed by atoms with Gasteiger partial charge in [-0.25, -0.2) is 0 Å². The van der Waals surface area contributed by atoms with Crippen LogP contribution in [0.3, 0.4) is 0 Å². The molecular formula is C20H17NO. The summed E-state index contributed by atoms with van der Waals surface area (Å²) in [6.07, 6.45) is 3.25. The van der Waals surface area contributed by atoms with Crippen molar-refractivity contribution in [1.29, 1.82) is 5.26 Å².